The molecule has 1 aliphatic rings. The second kappa shape index (κ2) is 9.85. The van der Waals surface area contributed by atoms with Crippen molar-refractivity contribution in [2.75, 3.05) is 39.3 Å². The van der Waals surface area contributed by atoms with Gasteiger partial charge in [-0.2, -0.15) is 4.31 Å². The third-order valence-corrected chi connectivity index (χ3v) is 8.01. The number of hydrogen-bond donors (Lipinski definition) is 0. The van der Waals surface area contributed by atoms with E-state index in [1.54, 1.807) is 29.6 Å². The zero-order valence-corrected chi connectivity index (χ0v) is 21.0. The van der Waals surface area contributed by atoms with Crippen LogP contribution in [-0.2, 0) is 16.4 Å². The number of sulfonamides is 1. The zero-order valence-electron chi connectivity index (χ0n) is 20.2. The minimum atomic E-state index is -3.70. The van der Waals surface area contributed by atoms with Crippen molar-refractivity contribution >= 4 is 15.5 Å². The van der Waals surface area contributed by atoms with E-state index < -0.39 is 10.0 Å². The molecule has 1 saturated heterocycles. The van der Waals surface area contributed by atoms with Crippen LogP contribution >= 0.6 is 0 Å². The number of rotatable bonds is 8. The molecule has 0 radical (unpaired) electrons. The Hall–Kier alpha value is -2.76. The summed E-state index contributed by atoms with van der Waals surface area (Å²) in [5.74, 6) is 0.697. The summed E-state index contributed by atoms with van der Waals surface area (Å²) in [5, 5.41) is 4.57. The first-order valence-electron chi connectivity index (χ1n) is 11.8. The molecule has 10 nitrogen and oxygen atoms in total. The number of aromatic nitrogens is 4. The number of nitrogens with zero attached hydrogens (tertiary/aromatic N) is 6. The Morgan fingerprint density at radius 2 is 1.82 bits per heavy atom. The molecule has 1 fully saturated rings. The lowest BCUT2D eigenvalue weighted by Gasteiger charge is -2.33. The zero-order chi connectivity index (χ0) is 24.5. The number of piperazine rings is 1. The molecule has 1 aliphatic heterocycles. The van der Waals surface area contributed by atoms with Crippen molar-refractivity contribution in [2.45, 2.75) is 45.4 Å². The van der Waals surface area contributed by atoms with Crippen molar-refractivity contribution in [3.63, 3.8) is 0 Å². The molecule has 0 spiro atoms. The van der Waals surface area contributed by atoms with Gasteiger partial charge in [0.2, 0.25) is 10.0 Å². The van der Waals surface area contributed by atoms with Crippen LogP contribution < -0.4 is 10.3 Å². The summed E-state index contributed by atoms with van der Waals surface area (Å²) in [6.07, 6.45) is 1.54. The third-order valence-electron chi connectivity index (χ3n) is 6.12. The summed E-state index contributed by atoms with van der Waals surface area (Å²) in [6, 6.07) is 6.51. The van der Waals surface area contributed by atoms with Crippen molar-refractivity contribution in [3.05, 3.63) is 46.1 Å². The normalized spacial score (nSPS) is 15.8. The Labute approximate surface area is 199 Å². The van der Waals surface area contributed by atoms with Gasteiger partial charge in [0.25, 0.3) is 5.56 Å². The maximum atomic E-state index is 13.6. The Balaban J connectivity index is 1.82. The predicted molar refractivity (Wildman–Crippen MR) is 129 cm³/mol. The van der Waals surface area contributed by atoms with E-state index in [9.17, 15) is 13.2 Å². The highest BCUT2D eigenvalue weighted by Gasteiger charge is 2.29. The van der Waals surface area contributed by atoms with Gasteiger partial charge in [-0.25, -0.2) is 22.5 Å². The number of hydrogen-bond acceptors (Lipinski definition) is 7. The fourth-order valence-corrected chi connectivity index (χ4v) is 5.77. The largest absolute Gasteiger partial charge is 0.464 e. The summed E-state index contributed by atoms with van der Waals surface area (Å²) in [5.41, 5.74) is 0.970. The van der Waals surface area contributed by atoms with Gasteiger partial charge in [0.15, 0.2) is 5.52 Å². The molecular weight excluding hydrogens is 456 g/mol. The molecule has 2 aromatic heterocycles. The molecule has 34 heavy (non-hydrogen) atoms. The first-order valence-corrected chi connectivity index (χ1v) is 13.2. The smallest absolute Gasteiger partial charge is 0.321 e. The first-order chi connectivity index (χ1) is 16.3. The number of likely N-dealkylation sites (N-methyl/N-ethyl adjacent to an activating group) is 1. The maximum absolute atomic E-state index is 13.6. The number of imidazole rings is 1. The summed E-state index contributed by atoms with van der Waals surface area (Å²) in [4.78, 5) is 20.5. The summed E-state index contributed by atoms with van der Waals surface area (Å²) in [6.45, 7) is 11.2. The average molecular weight is 489 g/mol. The molecule has 4 rings (SSSR count). The molecule has 0 unspecified atom stereocenters. The topological polar surface area (TPSA) is 102 Å². The molecule has 0 atom stereocenters. The lowest BCUT2D eigenvalue weighted by atomic mass is 10.3. The van der Waals surface area contributed by atoms with E-state index in [1.165, 1.54) is 14.9 Å². The number of fused-ring (bicyclic) bond motifs is 1. The molecule has 3 heterocycles. The minimum Gasteiger partial charge on any atom is -0.464 e. The molecule has 184 valence electrons. The van der Waals surface area contributed by atoms with Crippen LogP contribution in [0.15, 0.2) is 34.0 Å². The fourth-order valence-electron chi connectivity index (χ4n) is 4.31. The van der Waals surface area contributed by atoms with Gasteiger partial charge >= 0.3 is 6.01 Å². The molecule has 1 aromatic carbocycles. The highest BCUT2D eigenvalue weighted by atomic mass is 32.2. The number of ether oxygens (including phenoxy) is 1. The first kappa shape index (κ1) is 24.4. The van der Waals surface area contributed by atoms with Crippen molar-refractivity contribution in [2.24, 2.45) is 0 Å². The quantitative estimate of drug-likeness (QED) is 0.477. The Morgan fingerprint density at radius 3 is 2.47 bits per heavy atom. The van der Waals surface area contributed by atoms with Gasteiger partial charge < -0.3 is 9.64 Å². The van der Waals surface area contributed by atoms with Crippen molar-refractivity contribution in [3.8, 4) is 11.7 Å². The van der Waals surface area contributed by atoms with E-state index >= 15 is 0 Å². The maximum Gasteiger partial charge on any atom is 0.321 e. The van der Waals surface area contributed by atoms with Gasteiger partial charge in [0, 0.05) is 32.6 Å². The van der Waals surface area contributed by atoms with Gasteiger partial charge in [-0.15, -0.1) is 5.10 Å². The van der Waals surface area contributed by atoms with Crippen LogP contribution in [0.1, 0.15) is 38.7 Å². The highest BCUT2D eigenvalue weighted by molar-refractivity contribution is 7.89. The monoisotopic (exact) mass is 488 g/mol. The van der Waals surface area contributed by atoms with Crippen molar-refractivity contribution < 1.29 is 13.2 Å². The second-order valence-corrected chi connectivity index (χ2v) is 10.3. The van der Waals surface area contributed by atoms with E-state index in [0.29, 0.717) is 61.9 Å². The van der Waals surface area contributed by atoms with E-state index in [0.717, 1.165) is 13.0 Å². The Bertz CT molecular complexity index is 1340. The summed E-state index contributed by atoms with van der Waals surface area (Å²) in [7, 11) is -3.70. The Kier molecular flexibility index (Phi) is 7.06. The third kappa shape index (κ3) is 4.35. The van der Waals surface area contributed by atoms with Crippen LogP contribution in [0.25, 0.3) is 11.2 Å². The summed E-state index contributed by atoms with van der Waals surface area (Å²) < 4.78 is 36.8. The van der Waals surface area contributed by atoms with Gasteiger partial charge in [-0.1, -0.05) is 19.9 Å². The standard InChI is InChI=1S/C23H32N6O4S/c1-5-9-20-24-17(4)21-22(30)28(23(33-7-3)25-29(20)21)18-10-8-11-19(16-18)34(31,32)27-14-12-26(6-2)13-15-27/h8,10-11,16H,5-7,9,12-15H2,1-4H3. The molecular formula is C23H32N6O4S. The van der Waals surface area contributed by atoms with Crippen LogP contribution in [0.3, 0.4) is 0 Å². The molecule has 0 bridgehead atoms. The van der Waals surface area contributed by atoms with Crippen LogP contribution in [-0.4, -0.2) is 76.1 Å². The predicted octanol–water partition coefficient (Wildman–Crippen LogP) is 1.87. The molecule has 11 heteroatoms. The van der Waals surface area contributed by atoms with Crippen LogP contribution in [0.5, 0.6) is 6.01 Å². The molecule has 3 aromatic rings. The average Bonchev–Trinajstić information content (AvgIpc) is 3.15. The van der Waals surface area contributed by atoms with Gasteiger partial charge in [0.1, 0.15) is 5.82 Å². The number of aryl methyl sites for hydroxylation is 2. The highest BCUT2D eigenvalue weighted by Crippen LogP contribution is 2.23. The SMILES string of the molecule is CCCc1nc(C)c2c(=O)n(-c3cccc(S(=O)(=O)N4CCN(CC)CC4)c3)c(OCC)nn12. The second-order valence-electron chi connectivity index (χ2n) is 8.32. The van der Waals surface area contributed by atoms with Crippen LogP contribution in [0.2, 0.25) is 0 Å². The van der Waals surface area contributed by atoms with Crippen molar-refractivity contribution in [1.82, 2.24) is 28.4 Å². The minimum absolute atomic E-state index is 0.0980. The fraction of sp³-hybridized carbons (Fsp3) is 0.522. The van der Waals surface area contributed by atoms with E-state index in [4.69, 9.17) is 4.74 Å². The molecule has 0 aliphatic carbocycles. The Morgan fingerprint density at radius 1 is 1.09 bits per heavy atom. The molecule has 0 amide bonds. The van der Waals surface area contributed by atoms with Gasteiger partial charge in [0.05, 0.1) is 22.9 Å². The van der Waals surface area contributed by atoms with Crippen LogP contribution in [0.4, 0.5) is 0 Å². The van der Waals surface area contributed by atoms with Crippen molar-refractivity contribution in [1.29, 1.82) is 0 Å². The van der Waals surface area contributed by atoms with E-state index in [-0.39, 0.29) is 16.5 Å². The summed E-state index contributed by atoms with van der Waals surface area (Å²) >= 11 is 0. The van der Waals surface area contributed by atoms with E-state index in [1.807, 2.05) is 13.8 Å². The lowest BCUT2D eigenvalue weighted by Crippen LogP contribution is -2.48. The molecule has 0 N–H and O–H groups in total. The number of benzene rings is 1. The molecule has 0 saturated carbocycles. The van der Waals surface area contributed by atoms with E-state index in [2.05, 4.69) is 21.9 Å². The van der Waals surface area contributed by atoms with Crippen LogP contribution in [0, 0.1) is 6.92 Å². The van der Waals surface area contributed by atoms with Gasteiger partial charge in [-0.05, 0) is 45.0 Å². The lowest BCUT2D eigenvalue weighted by molar-refractivity contribution is 0.196. The van der Waals surface area contributed by atoms with Gasteiger partial charge in [-0.3, -0.25) is 4.79 Å².